The van der Waals surface area contributed by atoms with Crippen LogP contribution in [0.4, 0.5) is 0 Å². The molecule has 2 aromatic carbocycles. The maximum absolute atomic E-state index is 12.6. The highest BCUT2D eigenvalue weighted by atomic mass is 16.5. The second-order valence-corrected chi connectivity index (χ2v) is 6.04. The second-order valence-electron chi connectivity index (χ2n) is 6.04. The van der Waals surface area contributed by atoms with E-state index in [0.717, 1.165) is 0 Å². The van der Waals surface area contributed by atoms with Crippen molar-refractivity contribution < 1.29 is 28.5 Å². The molecule has 146 valence electrons. The summed E-state index contributed by atoms with van der Waals surface area (Å²) in [7, 11) is 2.91. The normalized spacial score (nSPS) is 10.7. The fourth-order valence-electron chi connectivity index (χ4n) is 2.98. The lowest BCUT2D eigenvalue weighted by Crippen LogP contribution is -2.10. The molecule has 7 nitrogen and oxygen atoms in total. The molecule has 7 heteroatoms. The fourth-order valence-corrected chi connectivity index (χ4v) is 2.98. The zero-order valence-corrected chi connectivity index (χ0v) is 15.8. The summed E-state index contributed by atoms with van der Waals surface area (Å²) in [5, 5.41) is 10.6. The maximum atomic E-state index is 12.6. The van der Waals surface area contributed by atoms with Gasteiger partial charge in [-0.3, -0.25) is 0 Å². The number of carbonyl (C=O) groups is 1. The molecule has 0 saturated carbocycles. The number of aryl methyl sites for hydroxylation is 1. The Kier molecular flexibility index (Phi) is 5.54. The highest BCUT2D eigenvalue weighted by Gasteiger charge is 2.19. The van der Waals surface area contributed by atoms with Gasteiger partial charge in [-0.15, -0.1) is 0 Å². The van der Waals surface area contributed by atoms with Crippen LogP contribution in [-0.4, -0.2) is 25.3 Å². The van der Waals surface area contributed by atoms with E-state index in [9.17, 15) is 14.7 Å². The highest BCUT2D eigenvalue weighted by Crippen LogP contribution is 2.32. The highest BCUT2D eigenvalue weighted by molar-refractivity contribution is 5.93. The summed E-state index contributed by atoms with van der Waals surface area (Å²) in [4.78, 5) is 24.4. The summed E-state index contributed by atoms with van der Waals surface area (Å²) in [5.41, 5.74) is 1.02. The van der Waals surface area contributed by atoms with Crippen LogP contribution in [0.15, 0.2) is 45.6 Å². The molecule has 0 spiro atoms. The van der Waals surface area contributed by atoms with Crippen molar-refractivity contribution in [3.63, 3.8) is 0 Å². The Labute approximate surface area is 161 Å². The number of hydrogen-bond acceptors (Lipinski definition) is 7. The predicted octanol–water partition coefficient (Wildman–Crippen LogP) is 3.44. The summed E-state index contributed by atoms with van der Waals surface area (Å²) in [6.45, 7) is 1.75. The molecular weight excluding hydrogens is 364 g/mol. The van der Waals surface area contributed by atoms with Crippen molar-refractivity contribution >= 4 is 16.9 Å². The van der Waals surface area contributed by atoms with Gasteiger partial charge in [0.25, 0.3) is 0 Å². The van der Waals surface area contributed by atoms with E-state index in [1.165, 1.54) is 26.4 Å². The molecular formula is C21H20O7. The number of aromatic hydroxyl groups is 1. The molecule has 1 heterocycles. The number of phenolic OH excluding ortho intramolecular Hbond substituents is 1. The Morgan fingerprint density at radius 1 is 1.11 bits per heavy atom. The van der Waals surface area contributed by atoms with Gasteiger partial charge < -0.3 is 23.7 Å². The molecule has 0 fully saturated rings. The van der Waals surface area contributed by atoms with Gasteiger partial charge in [0.05, 0.1) is 14.2 Å². The molecule has 3 rings (SSSR count). The monoisotopic (exact) mass is 384 g/mol. The Balaban J connectivity index is 1.94. The van der Waals surface area contributed by atoms with Crippen LogP contribution in [0.3, 0.4) is 0 Å². The molecule has 0 atom stereocenters. The SMILES string of the molecule is CCc1cc2c(COC(=O)c3cccc(OC)c3OC)cc(=O)oc2cc1O. The molecule has 0 bridgehead atoms. The lowest BCUT2D eigenvalue weighted by molar-refractivity contribution is 0.0469. The van der Waals surface area contributed by atoms with Crippen molar-refractivity contribution in [1.29, 1.82) is 0 Å². The zero-order valence-electron chi connectivity index (χ0n) is 15.8. The largest absolute Gasteiger partial charge is 0.508 e. The third kappa shape index (κ3) is 3.64. The topological polar surface area (TPSA) is 95.2 Å². The molecule has 1 aromatic heterocycles. The van der Waals surface area contributed by atoms with Crippen molar-refractivity contribution in [1.82, 2.24) is 0 Å². The molecule has 28 heavy (non-hydrogen) atoms. The molecule has 0 amide bonds. The van der Waals surface area contributed by atoms with Crippen LogP contribution in [0.25, 0.3) is 11.0 Å². The number of methoxy groups -OCH3 is 2. The fraction of sp³-hybridized carbons (Fsp3) is 0.238. The summed E-state index contributed by atoms with van der Waals surface area (Å²) >= 11 is 0. The lowest BCUT2D eigenvalue weighted by atomic mass is 10.0. The molecule has 0 aliphatic rings. The first-order valence-electron chi connectivity index (χ1n) is 8.65. The van der Waals surface area contributed by atoms with E-state index in [1.807, 2.05) is 6.92 Å². The van der Waals surface area contributed by atoms with Crippen LogP contribution >= 0.6 is 0 Å². The maximum Gasteiger partial charge on any atom is 0.342 e. The van der Waals surface area contributed by atoms with E-state index in [2.05, 4.69) is 0 Å². The number of esters is 1. The van der Waals surface area contributed by atoms with Gasteiger partial charge in [-0.05, 0) is 30.2 Å². The first-order valence-corrected chi connectivity index (χ1v) is 8.65. The average Bonchev–Trinajstić information content (AvgIpc) is 2.70. The van der Waals surface area contributed by atoms with Crippen molar-refractivity contribution in [2.75, 3.05) is 14.2 Å². The number of rotatable bonds is 6. The van der Waals surface area contributed by atoms with Gasteiger partial charge in [0.1, 0.15) is 23.5 Å². The van der Waals surface area contributed by atoms with Gasteiger partial charge in [0.2, 0.25) is 0 Å². The van der Waals surface area contributed by atoms with Gasteiger partial charge in [-0.25, -0.2) is 9.59 Å². The van der Waals surface area contributed by atoms with E-state index in [0.29, 0.717) is 28.7 Å². The van der Waals surface area contributed by atoms with Gasteiger partial charge in [-0.1, -0.05) is 13.0 Å². The number of hydrogen-bond donors (Lipinski definition) is 1. The third-order valence-electron chi connectivity index (χ3n) is 4.39. The Hall–Kier alpha value is -3.48. The van der Waals surface area contributed by atoms with E-state index in [1.54, 1.807) is 24.3 Å². The smallest absolute Gasteiger partial charge is 0.342 e. The molecule has 1 N–H and O–H groups in total. The summed E-state index contributed by atoms with van der Waals surface area (Å²) in [5.74, 6) is 0.108. The van der Waals surface area contributed by atoms with E-state index in [4.69, 9.17) is 18.6 Å². The molecule has 3 aromatic rings. The Bertz CT molecular complexity index is 1080. The van der Waals surface area contributed by atoms with Crippen LogP contribution < -0.4 is 15.1 Å². The van der Waals surface area contributed by atoms with Crippen molar-refractivity contribution in [2.45, 2.75) is 20.0 Å². The molecule has 0 aliphatic heterocycles. The van der Waals surface area contributed by atoms with Crippen molar-refractivity contribution in [3.8, 4) is 17.2 Å². The predicted molar refractivity (Wildman–Crippen MR) is 102 cm³/mol. The quantitative estimate of drug-likeness (QED) is 0.514. The van der Waals surface area contributed by atoms with E-state index >= 15 is 0 Å². The number of ether oxygens (including phenoxy) is 3. The van der Waals surface area contributed by atoms with Crippen LogP contribution in [0.5, 0.6) is 17.2 Å². The second kappa shape index (κ2) is 8.04. The molecule has 0 saturated heterocycles. The first kappa shape index (κ1) is 19.3. The van der Waals surface area contributed by atoms with Gasteiger partial charge >= 0.3 is 11.6 Å². The minimum absolute atomic E-state index is 0.0495. The number of fused-ring (bicyclic) bond motifs is 1. The number of para-hydroxylation sites is 1. The summed E-state index contributed by atoms with van der Waals surface area (Å²) in [6, 6.07) is 9.28. The van der Waals surface area contributed by atoms with Crippen molar-refractivity contribution in [2.24, 2.45) is 0 Å². The minimum atomic E-state index is -0.619. The van der Waals surface area contributed by atoms with Gasteiger partial charge in [0, 0.05) is 23.1 Å². The minimum Gasteiger partial charge on any atom is -0.508 e. The van der Waals surface area contributed by atoms with Crippen LogP contribution in [-0.2, 0) is 17.8 Å². The van der Waals surface area contributed by atoms with E-state index in [-0.39, 0.29) is 29.3 Å². The zero-order chi connectivity index (χ0) is 20.3. The van der Waals surface area contributed by atoms with Crippen LogP contribution in [0, 0.1) is 0 Å². The molecule has 0 aliphatic carbocycles. The number of benzene rings is 2. The first-order chi connectivity index (χ1) is 13.5. The summed E-state index contributed by atoms with van der Waals surface area (Å²) < 4.78 is 21.0. The molecule has 0 radical (unpaired) electrons. The van der Waals surface area contributed by atoms with Crippen LogP contribution in [0.2, 0.25) is 0 Å². The van der Waals surface area contributed by atoms with Gasteiger partial charge in [0.15, 0.2) is 11.5 Å². The van der Waals surface area contributed by atoms with E-state index < -0.39 is 11.6 Å². The van der Waals surface area contributed by atoms with Crippen LogP contribution in [0.1, 0.15) is 28.4 Å². The Morgan fingerprint density at radius 3 is 2.57 bits per heavy atom. The standard InChI is InChI=1S/C21H20O7/c1-4-12-8-15-13(9-19(23)28-18(15)10-16(12)22)11-27-21(24)14-6-5-7-17(25-2)20(14)26-3/h5-10,22H,4,11H2,1-3H3. The third-order valence-corrected chi connectivity index (χ3v) is 4.39. The molecule has 0 unspecified atom stereocenters. The average molecular weight is 384 g/mol. The number of carbonyl (C=O) groups excluding carboxylic acids is 1. The lowest BCUT2D eigenvalue weighted by Gasteiger charge is -2.13. The summed E-state index contributed by atoms with van der Waals surface area (Å²) in [6.07, 6.45) is 0.598. The Morgan fingerprint density at radius 2 is 1.89 bits per heavy atom. The number of phenols is 1. The van der Waals surface area contributed by atoms with Crippen molar-refractivity contribution in [3.05, 3.63) is 63.5 Å². The van der Waals surface area contributed by atoms with Gasteiger partial charge in [-0.2, -0.15) is 0 Å².